The first-order chi connectivity index (χ1) is 10.2. The summed E-state index contributed by atoms with van der Waals surface area (Å²) in [7, 11) is 0. The molecule has 0 aliphatic carbocycles. The fraction of sp³-hybridized carbons (Fsp3) is 0.412. The van der Waals surface area contributed by atoms with Crippen LogP contribution in [0, 0.1) is 13.8 Å². The Morgan fingerprint density at radius 1 is 1.29 bits per heavy atom. The third kappa shape index (κ3) is 2.71. The van der Waals surface area contributed by atoms with E-state index in [4.69, 9.17) is 0 Å². The number of rotatable bonds is 2. The highest BCUT2D eigenvalue weighted by molar-refractivity contribution is 5.95. The van der Waals surface area contributed by atoms with Crippen LogP contribution in [-0.2, 0) is 0 Å². The van der Waals surface area contributed by atoms with Gasteiger partial charge in [-0.15, -0.1) is 0 Å². The Kier molecular flexibility index (Phi) is 3.78. The molecular formula is C17H21N3O. The van der Waals surface area contributed by atoms with E-state index >= 15 is 0 Å². The van der Waals surface area contributed by atoms with Gasteiger partial charge in [0.2, 0.25) is 0 Å². The normalized spacial score (nSPS) is 18.8. The van der Waals surface area contributed by atoms with E-state index in [0.717, 1.165) is 37.1 Å². The van der Waals surface area contributed by atoms with Crippen molar-refractivity contribution in [3.63, 3.8) is 0 Å². The molecule has 0 unspecified atom stereocenters. The number of hydrogen-bond acceptors (Lipinski definition) is 2. The lowest BCUT2D eigenvalue weighted by Crippen LogP contribution is -2.39. The van der Waals surface area contributed by atoms with Gasteiger partial charge in [0.1, 0.15) is 0 Å². The maximum Gasteiger partial charge on any atom is 0.254 e. The molecule has 2 aromatic rings. The number of H-pyrrole nitrogens is 1. The summed E-state index contributed by atoms with van der Waals surface area (Å²) in [5.41, 5.74) is 4.23. The standard InChI is InChI=1S/C17H21N3O/c1-12-6-3-4-8-15(12)17(21)20-9-5-7-14(11-20)16-13(2)10-18-19-16/h3-4,6,8,10,14H,5,7,9,11H2,1-2H3,(H,18,19)/t14-/m1/s1. The summed E-state index contributed by atoms with van der Waals surface area (Å²) in [5, 5.41) is 7.21. The van der Waals surface area contributed by atoms with Gasteiger partial charge in [-0.2, -0.15) is 5.10 Å². The molecule has 1 saturated heterocycles. The van der Waals surface area contributed by atoms with Crippen molar-refractivity contribution in [2.75, 3.05) is 13.1 Å². The van der Waals surface area contributed by atoms with E-state index in [1.165, 1.54) is 11.3 Å². The van der Waals surface area contributed by atoms with Crippen LogP contribution in [0.4, 0.5) is 0 Å². The van der Waals surface area contributed by atoms with E-state index < -0.39 is 0 Å². The fourth-order valence-electron chi connectivity index (χ4n) is 3.15. The molecule has 1 atom stereocenters. The molecule has 2 heterocycles. The smallest absolute Gasteiger partial charge is 0.254 e. The largest absolute Gasteiger partial charge is 0.338 e. The Labute approximate surface area is 125 Å². The quantitative estimate of drug-likeness (QED) is 0.921. The predicted octanol–water partition coefficient (Wildman–Crippen LogP) is 3.05. The van der Waals surface area contributed by atoms with Crippen molar-refractivity contribution in [1.82, 2.24) is 15.1 Å². The summed E-state index contributed by atoms with van der Waals surface area (Å²) >= 11 is 0. The number of aromatic nitrogens is 2. The lowest BCUT2D eigenvalue weighted by Gasteiger charge is -2.33. The maximum atomic E-state index is 12.7. The molecule has 1 amide bonds. The van der Waals surface area contributed by atoms with Gasteiger partial charge in [-0.3, -0.25) is 9.89 Å². The van der Waals surface area contributed by atoms with Crippen LogP contribution in [0.1, 0.15) is 45.9 Å². The summed E-state index contributed by atoms with van der Waals surface area (Å²) < 4.78 is 0. The number of benzene rings is 1. The number of aryl methyl sites for hydroxylation is 2. The van der Waals surface area contributed by atoms with Gasteiger partial charge in [-0.1, -0.05) is 18.2 Å². The highest BCUT2D eigenvalue weighted by Gasteiger charge is 2.27. The number of piperidine rings is 1. The Bertz CT molecular complexity index is 647. The van der Waals surface area contributed by atoms with Gasteiger partial charge in [0.05, 0.1) is 6.20 Å². The zero-order valence-electron chi connectivity index (χ0n) is 12.6. The highest BCUT2D eigenvalue weighted by atomic mass is 16.2. The zero-order chi connectivity index (χ0) is 14.8. The molecule has 1 aliphatic rings. The van der Waals surface area contributed by atoms with E-state index in [-0.39, 0.29) is 5.91 Å². The molecule has 0 bridgehead atoms. The summed E-state index contributed by atoms with van der Waals surface area (Å²) in [6.07, 6.45) is 4.01. The Morgan fingerprint density at radius 2 is 2.10 bits per heavy atom. The number of amides is 1. The average molecular weight is 283 g/mol. The van der Waals surface area contributed by atoms with Gasteiger partial charge in [-0.25, -0.2) is 0 Å². The van der Waals surface area contributed by atoms with E-state index in [2.05, 4.69) is 17.1 Å². The minimum absolute atomic E-state index is 0.148. The number of hydrogen-bond donors (Lipinski definition) is 1. The number of nitrogens with zero attached hydrogens (tertiary/aromatic N) is 2. The molecule has 110 valence electrons. The number of likely N-dealkylation sites (tertiary alicyclic amines) is 1. The van der Waals surface area contributed by atoms with Gasteiger partial charge in [0.15, 0.2) is 0 Å². The Morgan fingerprint density at radius 3 is 2.81 bits per heavy atom. The van der Waals surface area contributed by atoms with Gasteiger partial charge >= 0.3 is 0 Å². The summed E-state index contributed by atoms with van der Waals surface area (Å²) in [5.74, 6) is 0.518. The van der Waals surface area contributed by atoms with Crippen LogP contribution >= 0.6 is 0 Å². The molecule has 1 fully saturated rings. The van der Waals surface area contributed by atoms with Crippen molar-refractivity contribution < 1.29 is 4.79 Å². The van der Waals surface area contributed by atoms with Crippen molar-refractivity contribution in [2.45, 2.75) is 32.6 Å². The second-order valence-electron chi connectivity index (χ2n) is 5.87. The zero-order valence-corrected chi connectivity index (χ0v) is 12.6. The Balaban J connectivity index is 1.79. The first-order valence-electron chi connectivity index (χ1n) is 7.51. The van der Waals surface area contributed by atoms with Crippen LogP contribution in [0.25, 0.3) is 0 Å². The molecule has 0 saturated carbocycles. The maximum absolute atomic E-state index is 12.7. The van der Waals surface area contributed by atoms with Crippen molar-refractivity contribution in [2.24, 2.45) is 0 Å². The van der Waals surface area contributed by atoms with Crippen LogP contribution in [-0.4, -0.2) is 34.1 Å². The van der Waals surface area contributed by atoms with Gasteiger partial charge in [0, 0.05) is 30.3 Å². The van der Waals surface area contributed by atoms with E-state index in [1.54, 1.807) is 0 Å². The van der Waals surface area contributed by atoms with Crippen LogP contribution in [0.2, 0.25) is 0 Å². The first kappa shape index (κ1) is 13.9. The molecule has 4 heteroatoms. The lowest BCUT2D eigenvalue weighted by molar-refractivity contribution is 0.0705. The molecule has 4 nitrogen and oxygen atoms in total. The lowest BCUT2D eigenvalue weighted by atomic mass is 9.92. The van der Waals surface area contributed by atoms with E-state index in [9.17, 15) is 4.79 Å². The first-order valence-corrected chi connectivity index (χ1v) is 7.51. The molecule has 0 spiro atoms. The van der Waals surface area contributed by atoms with Gasteiger partial charge in [-0.05, 0) is 43.9 Å². The molecule has 3 rings (SSSR count). The molecule has 1 aromatic heterocycles. The van der Waals surface area contributed by atoms with Crippen LogP contribution in [0.5, 0.6) is 0 Å². The number of aromatic amines is 1. The monoisotopic (exact) mass is 283 g/mol. The van der Waals surface area contributed by atoms with E-state index in [0.29, 0.717) is 5.92 Å². The van der Waals surface area contributed by atoms with Crippen LogP contribution < -0.4 is 0 Å². The van der Waals surface area contributed by atoms with Crippen LogP contribution in [0.3, 0.4) is 0 Å². The van der Waals surface area contributed by atoms with Crippen molar-refractivity contribution in [3.05, 3.63) is 52.8 Å². The summed E-state index contributed by atoms with van der Waals surface area (Å²) in [6, 6.07) is 7.82. The third-order valence-corrected chi connectivity index (χ3v) is 4.36. The van der Waals surface area contributed by atoms with Crippen molar-refractivity contribution >= 4 is 5.91 Å². The molecule has 1 aromatic carbocycles. The molecule has 21 heavy (non-hydrogen) atoms. The topological polar surface area (TPSA) is 49.0 Å². The minimum Gasteiger partial charge on any atom is -0.338 e. The molecule has 0 radical (unpaired) electrons. The van der Waals surface area contributed by atoms with Gasteiger partial charge in [0.25, 0.3) is 5.91 Å². The number of carbonyl (C=O) groups is 1. The number of carbonyl (C=O) groups excluding carboxylic acids is 1. The molecule has 1 aliphatic heterocycles. The SMILES string of the molecule is Cc1ccccc1C(=O)N1CCC[C@@H](c2[nH]ncc2C)C1. The summed E-state index contributed by atoms with van der Waals surface area (Å²) in [6.45, 7) is 5.68. The Hall–Kier alpha value is -2.10. The molecular weight excluding hydrogens is 262 g/mol. The van der Waals surface area contributed by atoms with E-state index in [1.807, 2.05) is 42.3 Å². The number of nitrogens with one attached hydrogen (secondary N) is 1. The predicted molar refractivity (Wildman–Crippen MR) is 82.4 cm³/mol. The van der Waals surface area contributed by atoms with Crippen molar-refractivity contribution in [3.8, 4) is 0 Å². The third-order valence-electron chi connectivity index (χ3n) is 4.36. The second kappa shape index (κ2) is 5.72. The highest BCUT2D eigenvalue weighted by Crippen LogP contribution is 2.28. The fourth-order valence-corrected chi connectivity index (χ4v) is 3.15. The van der Waals surface area contributed by atoms with Crippen LogP contribution in [0.15, 0.2) is 30.5 Å². The average Bonchev–Trinajstić information content (AvgIpc) is 2.93. The van der Waals surface area contributed by atoms with Crippen molar-refractivity contribution in [1.29, 1.82) is 0 Å². The second-order valence-corrected chi connectivity index (χ2v) is 5.87. The minimum atomic E-state index is 0.148. The van der Waals surface area contributed by atoms with Gasteiger partial charge < -0.3 is 4.90 Å². The summed E-state index contributed by atoms with van der Waals surface area (Å²) in [4.78, 5) is 14.7. The molecule has 1 N–H and O–H groups in total.